The second kappa shape index (κ2) is 4.90. The zero-order valence-corrected chi connectivity index (χ0v) is 11.0. The van der Waals surface area contributed by atoms with Gasteiger partial charge in [0.05, 0.1) is 5.92 Å². The van der Waals surface area contributed by atoms with Gasteiger partial charge in [-0.15, -0.1) is 0 Å². The Kier molecular flexibility index (Phi) is 3.27. The number of carbonyl (C=O) groups is 1. The Labute approximate surface area is 112 Å². The van der Waals surface area contributed by atoms with Gasteiger partial charge in [0.25, 0.3) is 0 Å². The molecule has 1 aromatic rings. The van der Waals surface area contributed by atoms with Crippen LogP contribution in [-0.4, -0.2) is 30.4 Å². The van der Waals surface area contributed by atoms with Gasteiger partial charge in [-0.1, -0.05) is 23.7 Å². The summed E-state index contributed by atoms with van der Waals surface area (Å²) in [6.45, 7) is 3.31. The zero-order chi connectivity index (χ0) is 12.5. The first-order chi connectivity index (χ1) is 8.75. The molecule has 3 nitrogen and oxygen atoms in total. The van der Waals surface area contributed by atoms with Crippen molar-refractivity contribution in [1.82, 2.24) is 10.2 Å². The van der Waals surface area contributed by atoms with E-state index < -0.39 is 0 Å². The maximum atomic E-state index is 12.3. The molecule has 3 rings (SSSR count). The van der Waals surface area contributed by atoms with Crippen molar-refractivity contribution in [3.8, 4) is 0 Å². The quantitative estimate of drug-likeness (QED) is 0.839. The van der Waals surface area contributed by atoms with Crippen LogP contribution >= 0.6 is 11.6 Å². The van der Waals surface area contributed by atoms with E-state index in [2.05, 4.69) is 11.4 Å². The third-order valence-corrected chi connectivity index (χ3v) is 4.28. The van der Waals surface area contributed by atoms with Crippen LogP contribution in [0.25, 0.3) is 0 Å². The number of halogens is 1. The predicted molar refractivity (Wildman–Crippen MR) is 71.5 cm³/mol. The molecule has 18 heavy (non-hydrogen) atoms. The Morgan fingerprint density at radius 1 is 1.44 bits per heavy atom. The summed E-state index contributed by atoms with van der Waals surface area (Å²) < 4.78 is 0. The predicted octanol–water partition coefficient (Wildman–Crippen LogP) is 1.83. The molecule has 1 N–H and O–H groups in total. The molecule has 4 heteroatoms. The first-order valence-corrected chi connectivity index (χ1v) is 6.89. The maximum Gasteiger partial charge on any atom is 0.227 e. The van der Waals surface area contributed by atoms with Crippen LogP contribution in [0.15, 0.2) is 18.2 Å². The Morgan fingerprint density at radius 3 is 3.11 bits per heavy atom. The molecule has 0 aliphatic carbocycles. The number of nitrogens with zero attached hydrogens (tertiary/aromatic N) is 1. The van der Waals surface area contributed by atoms with E-state index in [0.717, 1.165) is 37.5 Å². The van der Waals surface area contributed by atoms with Crippen LogP contribution in [0.2, 0.25) is 5.02 Å². The lowest BCUT2D eigenvalue weighted by Crippen LogP contribution is -2.40. The smallest absolute Gasteiger partial charge is 0.227 e. The molecule has 0 bridgehead atoms. The van der Waals surface area contributed by atoms with E-state index in [1.807, 2.05) is 17.0 Å². The molecule has 0 saturated carbocycles. The van der Waals surface area contributed by atoms with Crippen molar-refractivity contribution in [2.24, 2.45) is 5.92 Å². The lowest BCUT2D eigenvalue weighted by Gasteiger charge is -2.31. The maximum absolute atomic E-state index is 12.3. The largest absolute Gasteiger partial charge is 0.338 e. The number of nitrogens with one attached hydrogen (secondary N) is 1. The number of amides is 1. The van der Waals surface area contributed by atoms with E-state index in [0.29, 0.717) is 12.5 Å². The number of rotatable bonds is 1. The van der Waals surface area contributed by atoms with Crippen molar-refractivity contribution in [1.29, 1.82) is 0 Å². The molecule has 96 valence electrons. The van der Waals surface area contributed by atoms with Crippen LogP contribution in [0, 0.1) is 5.92 Å². The normalized spacial score (nSPS) is 22.9. The molecular weight excluding hydrogens is 248 g/mol. The minimum atomic E-state index is 0.172. The van der Waals surface area contributed by atoms with E-state index in [1.165, 1.54) is 11.1 Å². The fourth-order valence-corrected chi connectivity index (χ4v) is 3.16. The molecule has 2 aliphatic rings. The van der Waals surface area contributed by atoms with Gasteiger partial charge in [-0.05, 0) is 36.6 Å². The van der Waals surface area contributed by atoms with Crippen LogP contribution in [0.3, 0.4) is 0 Å². The lowest BCUT2D eigenvalue weighted by molar-refractivity contribution is -0.135. The summed E-state index contributed by atoms with van der Waals surface area (Å²) in [5.74, 6) is 0.469. The van der Waals surface area contributed by atoms with Gasteiger partial charge in [-0.25, -0.2) is 0 Å². The van der Waals surface area contributed by atoms with Crippen LogP contribution in [0.5, 0.6) is 0 Å². The first-order valence-electron chi connectivity index (χ1n) is 6.51. The van der Waals surface area contributed by atoms with E-state index >= 15 is 0 Å². The highest BCUT2D eigenvalue weighted by Crippen LogP contribution is 2.27. The van der Waals surface area contributed by atoms with Crippen LogP contribution in [0.4, 0.5) is 0 Å². The SMILES string of the molecule is O=C(C1CCNC1)N1CCc2c(Cl)cccc2C1. The minimum absolute atomic E-state index is 0.172. The lowest BCUT2D eigenvalue weighted by atomic mass is 9.98. The summed E-state index contributed by atoms with van der Waals surface area (Å²) in [5.41, 5.74) is 2.42. The fraction of sp³-hybridized carbons (Fsp3) is 0.500. The molecule has 2 aliphatic heterocycles. The molecule has 1 amide bonds. The molecular formula is C14H17ClN2O. The molecule has 1 fully saturated rings. The summed E-state index contributed by atoms with van der Waals surface area (Å²) >= 11 is 6.18. The molecule has 1 atom stereocenters. The van der Waals surface area contributed by atoms with Gasteiger partial charge in [0, 0.05) is 24.7 Å². The molecule has 1 aromatic carbocycles. The average Bonchev–Trinajstić information content (AvgIpc) is 2.91. The zero-order valence-electron chi connectivity index (χ0n) is 10.3. The summed E-state index contributed by atoms with van der Waals surface area (Å²) in [4.78, 5) is 14.3. The van der Waals surface area contributed by atoms with Crippen molar-refractivity contribution in [3.63, 3.8) is 0 Å². The van der Waals surface area contributed by atoms with Gasteiger partial charge in [0.1, 0.15) is 0 Å². The van der Waals surface area contributed by atoms with Crippen molar-refractivity contribution >= 4 is 17.5 Å². The molecule has 2 heterocycles. The number of hydrogen-bond donors (Lipinski definition) is 1. The van der Waals surface area contributed by atoms with Gasteiger partial charge < -0.3 is 10.2 Å². The third-order valence-electron chi connectivity index (χ3n) is 3.93. The van der Waals surface area contributed by atoms with Crippen molar-refractivity contribution in [2.45, 2.75) is 19.4 Å². The Hall–Kier alpha value is -1.06. The average molecular weight is 265 g/mol. The standard InChI is InChI=1S/C14H17ClN2O/c15-13-3-1-2-11-9-17(7-5-12(11)13)14(18)10-4-6-16-8-10/h1-3,10,16H,4-9H2. The fourth-order valence-electron chi connectivity index (χ4n) is 2.87. The Balaban J connectivity index is 1.76. The van der Waals surface area contributed by atoms with Gasteiger partial charge >= 0.3 is 0 Å². The van der Waals surface area contributed by atoms with Crippen LogP contribution < -0.4 is 5.32 Å². The topological polar surface area (TPSA) is 32.3 Å². The molecule has 0 spiro atoms. The van der Waals surface area contributed by atoms with Gasteiger partial charge in [0.15, 0.2) is 0 Å². The van der Waals surface area contributed by atoms with Crippen LogP contribution in [-0.2, 0) is 17.8 Å². The summed E-state index contributed by atoms with van der Waals surface area (Å²) in [5, 5.41) is 4.09. The van der Waals surface area contributed by atoms with Gasteiger partial charge in [-0.2, -0.15) is 0 Å². The summed E-state index contributed by atoms with van der Waals surface area (Å²) in [6.07, 6.45) is 1.85. The number of hydrogen-bond acceptors (Lipinski definition) is 2. The minimum Gasteiger partial charge on any atom is -0.338 e. The highest BCUT2D eigenvalue weighted by molar-refractivity contribution is 6.31. The monoisotopic (exact) mass is 264 g/mol. The molecule has 1 unspecified atom stereocenters. The van der Waals surface area contributed by atoms with Gasteiger partial charge in [0.2, 0.25) is 5.91 Å². The van der Waals surface area contributed by atoms with Crippen molar-refractivity contribution < 1.29 is 4.79 Å². The van der Waals surface area contributed by atoms with E-state index in [4.69, 9.17) is 11.6 Å². The highest BCUT2D eigenvalue weighted by Gasteiger charge is 2.29. The Morgan fingerprint density at radius 2 is 2.33 bits per heavy atom. The highest BCUT2D eigenvalue weighted by atomic mass is 35.5. The molecule has 1 saturated heterocycles. The number of carbonyl (C=O) groups excluding carboxylic acids is 1. The van der Waals surface area contributed by atoms with Gasteiger partial charge in [-0.3, -0.25) is 4.79 Å². The number of fused-ring (bicyclic) bond motifs is 1. The van der Waals surface area contributed by atoms with Crippen molar-refractivity contribution in [3.05, 3.63) is 34.3 Å². The van der Waals surface area contributed by atoms with E-state index in [9.17, 15) is 4.79 Å². The summed E-state index contributed by atoms with van der Waals surface area (Å²) in [6, 6.07) is 5.97. The van der Waals surface area contributed by atoms with E-state index in [-0.39, 0.29) is 5.92 Å². The second-order valence-electron chi connectivity index (χ2n) is 5.08. The summed E-state index contributed by atoms with van der Waals surface area (Å²) in [7, 11) is 0. The first kappa shape index (κ1) is 12.0. The van der Waals surface area contributed by atoms with E-state index in [1.54, 1.807) is 0 Å². The molecule has 0 radical (unpaired) electrons. The van der Waals surface area contributed by atoms with Crippen LogP contribution in [0.1, 0.15) is 17.5 Å². The van der Waals surface area contributed by atoms with Crippen molar-refractivity contribution in [2.75, 3.05) is 19.6 Å². The molecule has 0 aromatic heterocycles. The number of benzene rings is 1. The third kappa shape index (κ3) is 2.13. The second-order valence-corrected chi connectivity index (χ2v) is 5.48. The Bertz CT molecular complexity index is 469.